The molecule has 0 saturated heterocycles. The van der Waals surface area contributed by atoms with E-state index in [4.69, 9.17) is 18.9 Å². The molecule has 0 unspecified atom stereocenters. The van der Waals surface area contributed by atoms with Gasteiger partial charge in [-0.15, -0.1) is 0 Å². The molecule has 3 rings (SSSR count). The smallest absolute Gasteiger partial charge is 0.211 e. The molecule has 0 fully saturated rings. The van der Waals surface area contributed by atoms with Gasteiger partial charge in [-0.25, -0.2) is 0 Å². The Balaban J connectivity index is 2.27. The van der Waals surface area contributed by atoms with Crippen LogP contribution in [0.2, 0.25) is 13.1 Å². The van der Waals surface area contributed by atoms with Crippen molar-refractivity contribution >= 4 is 18.7 Å². The monoisotopic (exact) mass is 523 g/mol. The van der Waals surface area contributed by atoms with Crippen molar-refractivity contribution < 1.29 is 28.7 Å². The maximum Gasteiger partial charge on any atom is 0.211 e. The molecule has 0 saturated carbocycles. The predicted octanol–water partition coefficient (Wildman–Crippen LogP) is 4.59. The topological polar surface area (TPSA) is 97.1 Å². The number of carbonyl (C=O) groups is 1. The molecule has 3 aromatic rings. The van der Waals surface area contributed by atoms with Crippen LogP contribution in [0, 0.1) is 10.1 Å². The van der Waals surface area contributed by atoms with Crippen LogP contribution in [-0.2, 0) is 4.79 Å². The molecule has 0 spiro atoms. The molecule has 0 aromatic heterocycles. The van der Waals surface area contributed by atoms with Gasteiger partial charge in [-0.2, -0.15) is 0 Å². The second-order valence-electron chi connectivity index (χ2n) is 9.18. The third-order valence-electron chi connectivity index (χ3n) is 6.74. The predicted molar refractivity (Wildman–Crippen MR) is 145 cm³/mol. The normalized spacial score (nSPS) is 12.8. The van der Waals surface area contributed by atoms with Crippen molar-refractivity contribution in [1.82, 2.24) is 0 Å². The number of ether oxygens (including phenoxy) is 4. The number of nitrogens with zero attached hydrogens (tertiary/aromatic N) is 1. The highest BCUT2D eigenvalue weighted by atomic mass is 28.3. The van der Waals surface area contributed by atoms with Crippen LogP contribution in [0.4, 0.5) is 0 Å². The largest absolute Gasteiger partial charge is 0.493 e. The van der Waals surface area contributed by atoms with Crippen molar-refractivity contribution in [2.24, 2.45) is 0 Å². The zero-order valence-corrected chi connectivity index (χ0v) is 23.0. The van der Waals surface area contributed by atoms with E-state index in [1.54, 1.807) is 36.4 Å². The Morgan fingerprint density at radius 3 is 1.76 bits per heavy atom. The minimum absolute atomic E-state index is 0.0208. The lowest BCUT2D eigenvalue weighted by Gasteiger charge is -2.32. The van der Waals surface area contributed by atoms with Gasteiger partial charge in [0.2, 0.25) is 6.54 Å². The molecular weight excluding hydrogens is 490 g/mol. The molecule has 9 heteroatoms. The Morgan fingerprint density at radius 2 is 1.27 bits per heavy atom. The Kier molecular flexibility index (Phi) is 8.93. The van der Waals surface area contributed by atoms with Crippen molar-refractivity contribution in [2.75, 3.05) is 35.0 Å². The number of hydrogen-bond acceptors (Lipinski definition) is 7. The molecule has 0 N–H and O–H groups in total. The molecule has 0 aliphatic heterocycles. The second kappa shape index (κ2) is 11.9. The minimum Gasteiger partial charge on any atom is -0.493 e. The van der Waals surface area contributed by atoms with E-state index in [9.17, 15) is 14.9 Å². The zero-order chi connectivity index (χ0) is 27.2. The van der Waals surface area contributed by atoms with Gasteiger partial charge in [0.15, 0.2) is 31.1 Å². The lowest BCUT2D eigenvalue weighted by molar-refractivity contribution is -0.483. The van der Waals surface area contributed by atoms with Crippen LogP contribution in [-0.4, -0.2) is 53.4 Å². The molecule has 8 nitrogen and oxygen atoms in total. The second-order valence-corrected chi connectivity index (χ2v) is 13.5. The van der Waals surface area contributed by atoms with Gasteiger partial charge in [-0.3, -0.25) is 10.1 Å². The summed E-state index contributed by atoms with van der Waals surface area (Å²) in [6, 6.07) is 20.1. The van der Waals surface area contributed by atoms with Crippen LogP contribution >= 0.6 is 0 Å². The maximum atomic E-state index is 14.5. The van der Waals surface area contributed by atoms with Crippen LogP contribution in [0.25, 0.3) is 0 Å². The highest BCUT2D eigenvalue weighted by Gasteiger charge is 2.44. The standard InChI is InChI=1S/C28H33NO7Si/c1-33-23-14-12-19(16-25(23)35-3)22(18-29(31)32)27(20-13-15-24(34-2)26(17-20)36-4)28(30)37(5,6)21-10-8-7-9-11-21/h7-17,22,27H,18H2,1-6H3/t22-,27+/m0/s1. The summed E-state index contributed by atoms with van der Waals surface area (Å²) in [6.45, 7) is 3.52. The molecule has 0 amide bonds. The summed E-state index contributed by atoms with van der Waals surface area (Å²) in [5.41, 5.74) is 1.24. The fraction of sp³-hybridized carbons (Fsp3) is 0.321. The summed E-state index contributed by atoms with van der Waals surface area (Å²) in [4.78, 5) is 26.1. The molecule has 0 bridgehead atoms. The van der Waals surface area contributed by atoms with Crippen molar-refractivity contribution in [3.8, 4) is 23.0 Å². The third-order valence-corrected chi connectivity index (χ3v) is 10.1. The summed E-state index contributed by atoms with van der Waals surface area (Å²) >= 11 is 0. The van der Waals surface area contributed by atoms with Crippen molar-refractivity contribution in [1.29, 1.82) is 0 Å². The van der Waals surface area contributed by atoms with E-state index in [1.165, 1.54) is 28.4 Å². The van der Waals surface area contributed by atoms with Gasteiger partial charge in [0.05, 0.1) is 40.3 Å². The number of carbonyl (C=O) groups excluding carboxylic acids is 1. The molecule has 0 heterocycles. The molecule has 37 heavy (non-hydrogen) atoms. The van der Waals surface area contributed by atoms with Gasteiger partial charge in [0.1, 0.15) is 5.41 Å². The number of nitro groups is 1. The van der Waals surface area contributed by atoms with Crippen molar-refractivity contribution in [2.45, 2.75) is 24.9 Å². The number of methoxy groups -OCH3 is 4. The van der Waals surface area contributed by atoms with E-state index in [-0.39, 0.29) is 10.3 Å². The molecule has 196 valence electrons. The highest BCUT2D eigenvalue weighted by Crippen LogP contribution is 2.42. The van der Waals surface area contributed by atoms with Crippen LogP contribution in [0.3, 0.4) is 0 Å². The quantitative estimate of drug-likeness (QED) is 0.195. The van der Waals surface area contributed by atoms with E-state index in [0.29, 0.717) is 34.1 Å². The van der Waals surface area contributed by atoms with Crippen LogP contribution in [0.5, 0.6) is 23.0 Å². The number of hydrogen-bond donors (Lipinski definition) is 0. The van der Waals surface area contributed by atoms with E-state index < -0.39 is 26.5 Å². The Bertz CT molecular complexity index is 1250. The van der Waals surface area contributed by atoms with Crippen molar-refractivity contribution in [3.63, 3.8) is 0 Å². The summed E-state index contributed by atoms with van der Waals surface area (Å²) in [7, 11) is 3.33. The van der Waals surface area contributed by atoms with Gasteiger partial charge in [-0.1, -0.05) is 60.7 Å². The summed E-state index contributed by atoms with van der Waals surface area (Å²) in [6.07, 6.45) is 0. The van der Waals surface area contributed by atoms with Gasteiger partial charge >= 0.3 is 0 Å². The fourth-order valence-electron chi connectivity index (χ4n) is 4.65. The first kappa shape index (κ1) is 27.7. The summed E-state index contributed by atoms with van der Waals surface area (Å²) < 4.78 is 21.7. The third kappa shape index (κ3) is 5.94. The lowest BCUT2D eigenvalue weighted by atomic mass is 9.81. The summed E-state index contributed by atoms with van der Waals surface area (Å²) in [5.74, 6) is 0.310. The van der Waals surface area contributed by atoms with Crippen LogP contribution in [0.15, 0.2) is 66.7 Å². The maximum absolute atomic E-state index is 14.5. The van der Waals surface area contributed by atoms with Crippen LogP contribution < -0.4 is 24.1 Å². The highest BCUT2D eigenvalue weighted by molar-refractivity contribution is 7.13. The van der Waals surface area contributed by atoms with Gasteiger partial charge < -0.3 is 23.7 Å². The SMILES string of the molecule is COc1ccc([C@@H](C(=O)[Si](C)(C)c2ccccc2)[C@@H](C[N+](=O)[O-])c2ccc(OC)c(OC)c2)cc1OC. The summed E-state index contributed by atoms with van der Waals surface area (Å²) in [5, 5.41) is 12.9. The molecule has 3 aromatic carbocycles. The number of benzene rings is 3. The van der Waals surface area contributed by atoms with Gasteiger partial charge in [0.25, 0.3) is 0 Å². The molecule has 2 atom stereocenters. The first-order valence-electron chi connectivity index (χ1n) is 11.8. The lowest BCUT2D eigenvalue weighted by Crippen LogP contribution is -2.53. The average Bonchev–Trinajstić information content (AvgIpc) is 2.92. The minimum atomic E-state index is -2.75. The van der Waals surface area contributed by atoms with E-state index in [2.05, 4.69) is 0 Å². The first-order valence-corrected chi connectivity index (χ1v) is 14.8. The Hall–Kier alpha value is -3.85. The molecule has 0 aliphatic carbocycles. The van der Waals surface area contributed by atoms with Gasteiger partial charge in [0, 0.05) is 4.92 Å². The van der Waals surface area contributed by atoms with E-state index in [0.717, 1.165) is 5.19 Å². The first-order chi connectivity index (χ1) is 17.7. The molecular formula is C28H33NO7Si. The van der Waals surface area contributed by atoms with E-state index >= 15 is 0 Å². The van der Waals surface area contributed by atoms with E-state index in [1.807, 2.05) is 43.4 Å². The Morgan fingerprint density at radius 1 is 0.784 bits per heavy atom. The Labute approximate surface area is 218 Å². The molecule has 0 radical (unpaired) electrons. The fourth-order valence-corrected chi connectivity index (χ4v) is 7.10. The number of rotatable bonds is 12. The van der Waals surface area contributed by atoms with Crippen LogP contribution in [0.1, 0.15) is 23.0 Å². The molecule has 0 aliphatic rings. The zero-order valence-electron chi connectivity index (χ0n) is 22.0. The average molecular weight is 524 g/mol. The van der Waals surface area contributed by atoms with Gasteiger partial charge in [-0.05, 0) is 35.4 Å². The van der Waals surface area contributed by atoms with Crippen molar-refractivity contribution in [3.05, 3.63) is 88.0 Å².